The molecule has 0 aliphatic carbocycles. The number of para-hydroxylation sites is 1. The van der Waals surface area contributed by atoms with Gasteiger partial charge in [0.05, 0.1) is 17.1 Å². The number of benzene rings is 4. The van der Waals surface area contributed by atoms with Gasteiger partial charge in [-0.2, -0.15) is 0 Å². The zero-order chi connectivity index (χ0) is 26.5. The molecule has 190 valence electrons. The monoisotopic (exact) mass is 538 g/mol. The molecule has 1 heterocycles. The molecule has 4 aromatic rings. The maximum Gasteiger partial charge on any atom is 0.265 e. The highest BCUT2D eigenvalue weighted by Crippen LogP contribution is 2.42. The van der Waals surface area contributed by atoms with Crippen molar-refractivity contribution in [3.63, 3.8) is 0 Å². The van der Waals surface area contributed by atoms with Gasteiger partial charge in [-0.1, -0.05) is 89.6 Å². The van der Waals surface area contributed by atoms with E-state index in [4.69, 9.17) is 11.6 Å². The van der Waals surface area contributed by atoms with Gasteiger partial charge >= 0.3 is 0 Å². The second-order valence-electron chi connectivity index (χ2n) is 9.21. The lowest BCUT2D eigenvalue weighted by atomic mass is 10.1. The lowest BCUT2D eigenvalue weighted by molar-refractivity contribution is -0.114. The van der Waals surface area contributed by atoms with E-state index in [1.165, 1.54) is 22.9 Å². The normalized spacial score (nSPS) is 13.9. The Bertz CT molecular complexity index is 1500. The first-order valence-corrected chi connectivity index (χ1v) is 13.6. The van der Waals surface area contributed by atoms with Gasteiger partial charge in [0.2, 0.25) is 0 Å². The summed E-state index contributed by atoms with van der Waals surface area (Å²) in [7, 11) is 0. The summed E-state index contributed by atoms with van der Waals surface area (Å²) >= 11 is 7.65. The number of hydrogen-bond acceptors (Lipinski definition) is 3. The molecule has 1 aliphatic rings. The number of halogens is 1. The van der Waals surface area contributed by atoms with E-state index in [0.29, 0.717) is 28.6 Å². The van der Waals surface area contributed by atoms with Crippen LogP contribution in [0.2, 0.25) is 5.02 Å². The minimum Gasteiger partial charge on any atom is -0.352 e. The van der Waals surface area contributed by atoms with Crippen molar-refractivity contribution in [3.8, 4) is 0 Å². The van der Waals surface area contributed by atoms with Crippen LogP contribution < -0.4 is 10.2 Å². The largest absolute Gasteiger partial charge is 0.352 e. The molecule has 2 amide bonds. The summed E-state index contributed by atoms with van der Waals surface area (Å²) in [6, 6.07) is 31.1. The Hall–Kier alpha value is -3.80. The fraction of sp³-hybridized carbons (Fsp3) is 0.125. The van der Waals surface area contributed by atoms with Crippen molar-refractivity contribution in [2.24, 2.45) is 0 Å². The fourth-order valence-electron chi connectivity index (χ4n) is 4.30. The van der Waals surface area contributed by atoms with Crippen LogP contribution in [0.15, 0.2) is 107 Å². The molecule has 0 spiro atoms. The van der Waals surface area contributed by atoms with Crippen LogP contribution in [0, 0.1) is 6.92 Å². The van der Waals surface area contributed by atoms with Gasteiger partial charge < -0.3 is 10.2 Å². The van der Waals surface area contributed by atoms with Crippen LogP contribution in [-0.2, 0) is 17.8 Å². The van der Waals surface area contributed by atoms with Gasteiger partial charge in [0.25, 0.3) is 11.8 Å². The van der Waals surface area contributed by atoms with E-state index in [9.17, 15) is 9.59 Å². The zero-order valence-electron chi connectivity index (χ0n) is 21.0. The first kappa shape index (κ1) is 25.8. The fourth-order valence-corrected chi connectivity index (χ4v) is 5.57. The SMILES string of the molecule is Cc1ccc(CCNC(=O)c2ccc(C=C3Sc4ccccc4N(Cc4cccc(Cl)c4)C3=O)cc2)cc1. The van der Waals surface area contributed by atoms with Crippen LogP contribution in [-0.4, -0.2) is 18.4 Å². The van der Waals surface area contributed by atoms with E-state index in [2.05, 4.69) is 36.5 Å². The summed E-state index contributed by atoms with van der Waals surface area (Å²) in [5, 5.41) is 3.63. The molecule has 0 bridgehead atoms. The van der Waals surface area contributed by atoms with Crippen molar-refractivity contribution in [2.75, 3.05) is 11.4 Å². The third-order valence-electron chi connectivity index (χ3n) is 6.35. The quantitative estimate of drug-likeness (QED) is 0.251. The molecule has 0 aromatic heterocycles. The maximum absolute atomic E-state index is 13.6. The molecule has 0 saturated heterocycles. The summed E-state index contributed by atoms with van der Waals surface area (Å²) in [5.74, 6) is -0.173. The molecule has 1 N–H and O–H groups in total. The first-order valence-electron chi connectivity index (χ1n) is 12.4. The Balaban J connectivity index is 1.29. The first-order chi connectivity index (χ1) is 18.5. The Labute approximate surface area is 232 Å². The van der Waals surface area contributed by atoms with Crippen LogP contribution in [0.1, 0.15) is 32.6 Å². The molecule has 0 unspecified atom stereocenters. The van der Waals surface area contributed by atoms with E-state index in [1.807, 2.05) is 66.7 Å². The Morgan fingerprint density at radius 3 is 2.45 bits per heavy atom. The van der Waals surface area contributed by atoms with Crippen molar-refractivity contribution in [1.82, 2.24) is 5.32 Å². The lowest BCUT2D eigenvalue weighted by Gasteiger charge is -2.30. The summed E-state index contributed by atoms with van der Waals surface area (Å²) in [5.41, 5.74) is 5.71. The van der Waals surface area contributed by atoms with Gasteiger partial charge in [0.1, 0.15) is 0 Å². The third kappa shape index (κ3) is 6.18. The molecular formula is C32H27ClN2O2S. The number of carbonyl (C=O) groups excluding carboxylic acids is 2. The number of thioether (sulfide) groups is 1. The summed E-state index contributed by atoms with van der Waals surface area (Å²) < 4.78 is 0. The molecule has 6 heteroatoms. The van der Waals surface area contributed by atoms with Crippen LogP contribution in [0.25, 0.3) is 6.08 Å². The number of amides is 2. The van der Waals surface area contributed by atoms with E-state index in [-0.39, 0.29) is 11.8 Å². The number of nitrogens with one attached hydrogen (secondary N) is 1. The average Bonchev–Trinajstić information content (AvgIpc) is 2.92. The van der Waals surface area contributed by atoms with Crippen molar-refractivity contribution >= 4 is 46.9 Å². The Morgan fingerprint density at radius 2 is 1.68 bits per heavy atom. The second kappa shape index (κ2) is 11.7. The molecule has 1 aliphatic heterocycles. The third-order valence-corrected chi connectivity index (χ3v) is 7.66. The predicted octanol–water partition coefficient (Wildman–Crippen LogP) is 7.30. The molecule has 38 heavy (non-hydrogen) atoms. The van der Waals surface area contributed by atoms with Crippen LogP contribution in [0.5, 0.6) is 0 Å². The van der Waals surface area contributed by atoms with Gasteiger partial charge in [-0.05, 0) is 72.5 Å². The number of rotatable bonds is 7. The van der Waals surface area contributed by atoms with Crippen LogP contribution >= 0.6 is 23.4 Å². The number of hydrogen-bond donors (Lipinski definition) is 1. The number of aryl methyl sites for hydroxylation is 1. The molecule has 5 rings (SSSR count). The second-order valence-corrected chi connectivity index (χ2v) is 10.7. The van der Waals surface area contributed by atoms with Gasteiger partial charge in [-0.15, -0.1) is 0 Å². The van der Waals surface area contributed by atoms with E-state index < -0.39 is 0 Å². The lowest BCUT2D eigenvalue weighted by Crippen LogP contribution is -2.33. The highest BCUT2D eigenvalue weighted by Gasteiger charge is 2.29. The van der Waals surface area contributed by atoms with Crippen molar-refractivity contribution in [2.45, 2.75) is 24.8 Å². The summed E-state index contributed by atoms with van der Waals surface area (Å²) in [6.07, 6.45) is 2.66. The van der Waals surface area contributed by atoms with E-state index in [0.717, 1.165) is 28.1 Å². The zero-order valence-corrected chi connectivity index (χ0v) is 22.6. The number of fused-ring (bicyclic) bond motifs is 1. The average molecular weight is 539 g/mol. The number of nitrogens with zero attached hydrogens (tertiary/aromatic N) is 1. The summed E-state index contributed by atoms with van der Waals surface area (Å²) in [6.45, 7) is 3.06. The number of anilines is 1. The molecule has 0 fully saturated rings. The topological polar surface area (TPSA) is 49.4 Å². The van der Waals surface area contributed by atoms with Gasteiger partial charge in [-0.3, -0.25) is 9.59 Å². The Kier molecular flexibility index (Phi) is 7.97. The van der Waals surface area contributed by atoms with Crippen LogP contribution in [0.4, 0.5) is 5.69 Å². The molecular weight excluding hydrogens is 512 g/mol. The smallest absolute Gasteiger partial charge is 0.265 e. The van der Waals surface area contributed by atoms with Gasteiger partial charge in [0, 0.05) is 22.0 Å². The summed E-state index contributed by atoms with van der Waals surface area (Å²) in [4.78, 5) is 29.6. The highest BCUT2D eigenvalue weighted by atomic mass is 35.5. The molecule has 0 saturated carbocycles. The highest BCUT2D eigenvalue weighted by molar-refractivity contribution is 8.04. The standard InChI is InChI=1S/C32H27ClN2O2S/c1-22-9-11-23(12-10-22)17-18-34-31(36)26-15-13-24(14-16-26)20-30-32(37)35(21-25-5-4-6-27(33)19-25)28-7-2-3-8-29(28)38-30/h2-16,19-20H,17-18,21H2,1H3,(H,34,36). The molecule has 0 radical (unpaired) electrons. The molecule has 4 aromatic carbocycles. The Morgan fingerprint density at radius 1 is 0.921 bits per heavy atom. The van der Waals surface area contributed by atoms with Crippen LogP contribution in [0.3, 0.4) is 0 Å². The van der Waals surface area contributed by atoms with Crippen molar-refractivity contribution < 1.29 is 9.59 Å². The van der Waals surface area contributed by atoms with Crippen molar-refractivity contribution in [1.29, 1.82) is 0 Å². The van der Waals surface area contributed by atoms with Gasteiger partial charge in [0.15, 0.2) is 0 Å². The van der Waals surface area contributed by atoms with E-state index >= 15 is 0 Å². The predicted molar refractivity (Wildman–Crippen MR) is 157 cm³/mol. The molecule has 0 atom stereocenters. The number of carbonyl (C=O) groups is 2. The maximum atomic E-state index is 13.6. The van der Waals surface area contributed by atoms with Crippen molar-refractivity contribution in [3.05, 3.63) is 135 Å². The van der Waals surface area contributed by atoms with Gasteiger partial charge in [-0.25, -0.2) is 0 Å². The van der Waals surface area contributed by atoms with E-state index in [1.54, 1.807) is 17.0 Å². The minimum atomic E-state index is -0.110. The minimum absolute atomic E-state index is 0.0633. The molecule has 4 nitrogen and oxygen atoms in total.